The van der Waals surface area contributed by atoms with Gasteiger partial charge in [-0.2, -0.15) is 0 Å². The summed E-state index contributed by atoms with van der Waals surface area (Å²) in [5, 5.41) is 2.35. The number of carbonyl (C=O) groups is 3. The molecule has 0 spiro atoms. The maximum Gasteiger partial charge on any atom is 0.255 e. The molecule has 3 fully saturated rings. The number of nitrogens with two attached hydrogens (primary N) is 1. The summed E-state index contributed by atoms with van der Waals surface area (Å²) in [6.07, 6.45) is 5.38. The minimum atomic E-state index is -0.555. The van der Waals surface area contributed by atoms with Crippen molar-refractivity contribution in [3.05, 3.63) is 34.9 Å². The van der Waals surface area contributed by atoms with Crippen LogP contribution >= 0.6 is 0 Å². The van der Waals surface area contributed by atoms with E-state index in [0.29, 0.717) is 24.4 Å². The van der Waals surface area contributed by atoms with E-state index in [9.17, 15) is 14.4 Å². The van der Waals surface area contributed by atoms with Gasteiger partial charge in [-0.3, -0.25) is 24.6 Å². The van der Waals surface area contributed by atoms with Crippen LogP contribution in [-0.2, 0) is 22.7 Å². The average molecular weight is 396 g/mol. The minimum Gasteiger partial charge on any atom is -0.325 e. The third-order valence-corrected chi connectivity index (χ3v) is 7.22. The largest absolute Gasteiger partial charge is 0.325 e. The molecule has 7 nitrogen and oxygen atoms in total. The lowest BCUT2D eigenvalue weighted by Crippen LogP contribution is -2.52. The highest BCUT2D eigenvalue weighted by Gasteiger charge is 2.46. The molecule has 29 heavy (non-hydrogen) atoms. The summed E-state index contributed by atoms with van der Waals surface area (Å²) in [6.45, 7) is 3.46. The third-order valence-electron chi connectivity index (χ3n) is 7.22. The van der Waals surface area contributed by atoms with Crippen molar-refractivity contribution in [2.24, 2.45) is 11.7 Å². The predicted octanol–water partition coefficient (Wildman–Crippen LogP) is 1.15. The van der Waals surface area contributed by atoms with Crippen molar-refractivity contribution in [3.63, 3.8) is 0 Å². The summed E-state index contributed by atoms with van der Waals surface area (Å²) >= 11 is 0. The van der Waals surface area contributed by atoms with Gasteiger partial charge in [0.1, 0.15) is 6.04 Å². The Hall–Kier alpha value is -2.25. The number of imide groups is 1. The number of likely N-dealkylation sites (tertiary alicyclic amines) is 1. The zero-order chi connectivity index (χ0) is 20.2. The molecule has 1 saturated carbocycles. The minimum absolute atomic E-state index is 0.112. The second-order valence-electron chi connectivity index (χ2n) is 9.18. The van der Waals surface area contributed by atoms with Crippen LogP contribution in [0.5, 0.6) is 0 Å². The molecule has 1 unspecified atom stereocenters. The number of hydrogen-bond donors (Lipinski definition) is 2. The quantitative estimate of drug-likeness (QED) is 0.745. The first kappa shape index (κ1) is 18.8. The van der Waals surface area contributed by atoms with Crippen LogP contribution in [0.15, 0.2) is 18.2 Å². The molecule has 1 atom stereocenters. The molecule has 0 aromatic heterocycles. The first-order valence-electron chi connectivity index (χ1n) is 10.7. The molecular formula is C22H28N4O3. The van der Waals surface area contributed by atoms with Gasteiger partial charge in [-0.15, -0.1) is 0 Å². The number of fused-ring (bicyclic) bond motifs is 1. The molecule has 3 heterocycles. The van der Waals surface area contributed by atoms with Gasteiger partial charge >= 0.3 is 0 Å². The van der Waals surface area contributed by atoms with Gasteiger partial charge in [0.15, 0.2) is 0 Å². The van der Waals surface area contributed by atoms with Crippen LogP contribution in [0.3, 0.4) is 0 Å². The van der Waals surface area contributed by atoms with Crippen LogP contribution in [0.4, 0.5) is 0 Å². The maximum atomic E-state index is 12.8. The molecule has 5 rings (SSSR count). The topological polar surface area (TPSA) is 95.7 Å². The Labute approximate surface area is 170 Å². The van der Waals surface area contributed by atoms with Gasteiger partial charge in [0.2, 0.25) is 11.8 Å². The Kier molecular flexibility index (Phi) is 4.47. The van der Waals surface area contributed by atoms with E-state index in [1.807, 2.05) is 12.1 Å². The number of piperidine rings is 2. The normalized spacial score (nSPS) is 27.1. The average Bonchev–Trinajstić information content (AvgIpc) is 3.37. The van der Waals surface area contributed by atoms with E-state index in [4.69, 9.17) is 5.73 Å². The zero-order valence-electron chi connectivity index (χ0n) is 16.7. The van der Waals surface area contributed by atoms with Crippen LogP contribution in [0.2, 0.25) is 0 Å². The fourth-order valence-corrected chi connectivity index (χ4v) is 5.20. The summed E-state index contributed by atoms with van der Waals surface area (Å²) in [5.41, 5.74) is 9.37. The van der Waals surface area contributed by atoms with Crippen LogP contribution < -0.4 is 11.1 Å². The van der Waals surface area contributed by atoms with Crippen LogP contribution in [-0.4, -0.2) is 52.2 Å². The molecule has 7 heteroatoms. The fraction of sp³-hybridized carbons (Fsp3) is 0.591. The molecule has 0 bridgehead atoms. The zero-order valence-corrected chi connectivity index (χ0v) is 16.7. The van der Waals surface area contributed by atoms with Crippen LogP contribution in [0.1, 0.15) is 60.0 Å². The molecule has 3 N–H and O–H groups in total. The Bertz CT molecular complexity index is 871. The Morgan fingerprint density at radius 1 is 1.10 bits per heavy atom. The van der Waals surface area contributed by atoms with E-state index >= 15 is 0 Å². The lowest BCUT2D eigenvalue weighted by molar-refractivity contribution is -0.136. The van der Waals surface area contributed by atoms with E-state index < -0.39 is 6.04 Å². The van der Waals surface area contributed by atoms with Crippen molar-refractivity contribution in [2.45, 2.75) is 63.2 Å². The second kappa shape index (κ2) is 6.92. The summed E-state index contributed by atoms with van der Waals surface area (Å²) in [6, 6.07) is 5.48. The number of nitrogens with one attached hydrogen (secondary N) is 1. The maximum absolute atomic E-state index is 12.8. The molecule has 2 saturated heterocycles. The van der Waals surface area contributed by atoms with Crippen molar-refractivity contribution in [1.82, 2.24) is 15.1 Å². The molecule has 3 amide bonds. The third kappa shape index (κ3) is 3.46. The standard InChI is InChI=1S/C22H28N4O3/c23-22(7-8-22)16-5-9-25(10-6-16)12-14-1-2-17-15(11-14)13-26(21(17)29)18-3-4-19(27)24-20(18)28/h1-2,11,16,18H,3-10,12-13,23H2,(H,24,27,28). The van der Waals surface area contributed by atoms with E-state index in [-0.39, 0.29) is 29.7 Å². The summed E-state index contributed by atoms with van der Waals surface area (Å²) in [5.74, 6) is -0.0689. The smallest absolute Gasteiger partial charge is 0.255 e. The number of hydrogen-bond acceptors (Lipinski definition) is 5. The lowest BCUT2D eigenvalue weighted by atomic mass is 9.88. The SMILES string of the molecule is NC1(C2CCN(Cc3ccc4c(c3)CN(C3CCC(=O)NC3=O)C4=O)CC2)CC1. The fourth-order valence-electron chi connectivity index (χ4n) is 5.20. The first-order chi connectivity index (χ1) is 13.9. The van der Waals surface area contributed by atoms with E-state index in [0.717, 1.165) is 25.2 Å². The Balaban J connectivity index is 1.23. The van der Waals surface area contributed by atoms with Crippen LogP contribution in [0, 0.1) is 5.92 Å². The number of carbonyl (C=O) groups excluding carboxylic acids is 3. The number of nitrogens with zero attached hydrogens (tertiary/aromatic N) is 2. The van der Waals surface area contributed by atoms with Crippen molar-refractivity contribution in [3.8, 4) is 0 Å². The lowest BCUT2D eigenvalue weighted by Gasteiger charge is -2.35. The molecule has 0 radical (unpaired) electrons. The van der Waals surface area contributed by atoms with Gasteiger partial charge in [0, 0.05) is 30.6 Å². The highest BCUT2D eigenvalue weighted by Crippen LogP contribution is 2.44. The Morgan fingerprint density at radius 3 is 2.55 bits per heavy atom. The van der Waals surface area contributed by atoms with Crippen molar-refractivity contribution < 1.29 is 14.4 Å². The predicted molar refractivity (Wildman–Crippen MR) is 107 cm³/mol. The molecule has 1 aromatic rings. The van der Waals surface area contributed by atoms with Gasteiger partial charge in [-0.25, -0.2) is 0 Å². The summed E-state index contributed by atoms with van der Waals surface area (Å²) in [7, 11) is 0. The number of rotatable bonds is 4. The molecule has 1 aliphatic carbocycles. The van der Waals surface area contributed by atoms with Gasteiger partial charge in [-0.1, -0.05) is 12.1 Å². The summed E-state index contributed by atoms with van der Waals surface area (Å²) < 4.78 is 0. The molecule has 154 valence electrons. The van der Waals surface area contributed by atoms with Gasteiger partial charge in [-0.05, 0) is 68.3 Å². The van der Waals surface area contributed by atoms with Crippen molar-refractivity contribution in [1.29, 1.82) is 0 Å². The highest BCUT2D eigenvalue weighted by atomic mass is 16.2. The molecular weight excluding hydrogens is 368 g/mol. The van der Waals surface area contributed by atoms with E-state index in [1.165, 1.54) is 31.2 Å². The number of amides is 3. The van der Waals surface area contributed by atoms with Crippen LogP contribution in [0.25, 0.3) is 0 Å². The molecule has 1 aromatic carbocycles. The van der Waals surface area contributed by atoms with E-state index in [2.05, 4.69) is 16.3 Å². The van der Waals surface area contributed by atoms with Gasteiger partial charge in [0.05, 0.1) is 0 Å². The van der Waals surface area contributed by atoms with Gasteiger partial charge in [0.25, 0.3) is 5.91 Å². The van der Waals surface area contributed by atoms with Crippen molar-refractivity contribution >= 4 is 17.7 Å². The summed E-state index contributed by atoms with van der Waals surface area (Å²) in [4.78, 5) is 40.5. The number of benzene rings is 1. The first-order valence-corrected chi connectivity index (χ1v) is 10.7. The van der Waals surface area contributed by atoms with Gasteiger partial charge < -0.3 is 10.6 Å². The second-order valence-corrected chi connectivity index (χ2v) is 9.18. The molecule has 4 aliphatic rings. The monoisotopic (exact) mass is 396 g/mol. The highest BCUT2D eigenvalue weighted by molar-refractivity contribution is 6.05. The van der Waals surface area contributed by atoms with E-state index in [1.54, 1.807) is 4.90 Å². The van der Waals surface area contributed by atoms with Crippen molar-refractivity contribution in [2.75, 3.05) is 13.1 Å². The molecule has 3 aliphatic heterocycles. The Morgan fingerprint density at radius 2 is 1.86 bits per heavy atom.